The molecule has 1 saturated heterocycles. The number of carbonyl (C=O) groups is 2. The van der Waals surface area contributed by atoms with Crippen LogP contribution in [0, 0.1) is 0 Å². The van der Waals surface area contributed by atoms with Crippen molar-refractivity contribution in [1.82, 2.24) is 14.8 Å². The second-order valence-electron chi connectivity index (χ2n) is 6.80. The summed E-state index contributed by atoms with van der Waals surface area (Å²) >= 11 is 5.55. The summed E-state index contributed by atoms with van der Waals surface area (Å²) < 4.78 is 9.54. The summed E-state index contributed by atoms with van der Waals surface area (Å²) in [6.07, 6.45) is 1.80. The molecule has 158 valence electrons. The highest BCUT2D eigenvalue weighted by atomic mass is 32.1. The quantitative estimate of drug-likeness (QED) is 0.569. The van der Waals surface area contributed by atoms with E-state index in [0.29, 0.717) is 10.8 Å². The van der Waals surface area contributed by atoms with Crippen molar-refractivity contribution in [3.05, 3.63) is 59.4 Å². The minimum atomic E-state index is -0.544. The molecule has 2 heterocycles. The number of nitrogens with zero attached hydrogens (tertiary/aromatic N) is 3. The van der Waals surface area contributed by atoms with Gasteiger partial charge < -0.3 is 19.7 Å². The first-order chi connectivity index (χ1) is 14.5. The molecule has 0 atom stereocenters. The fourth-order valence-electron chi connectivity index (χ4n) is 3.20. The summed E-state index contributed by atoms with van der Waals surface area (Å²) in [5, 5.41) is 3.66. The molecule has 1 fully saturated rings. The Morgan fingerprint density at radius 1 is 1.03 bits per heavy atom. The van der Waals surface area contributed by atoms with E-state index in [9.17, 15) is 9.59 Å². The van der Waals surface area contributed by atoms with E-state index >= 15 is 0 Å². The molecule has 1 aromatic heterocycles. The van der Waals surface area contributed by atoms with Gasteiger partial charge in [-0.05, 0) is 42.5 Å². The fraction of sp³-hybridized carbons (Fsp3) is 0.333. The molecule has 0 unspecified atom stereocenters. The molecule has 0 saturated carbocycles. The Hall–Kier alpha value is -3.04. The minimum Gasteiger partial charge on any atom is -0.465 e. The maximum atomic E-state index is 11.9. The van der Waals surface area contributed by atoms with Crippen molar-refractivity contribution in [1.29, 1.82) is 0 Å². The van der Waals surface area contributed by atoms with Crippen LogP contribution in [-0.2, 0) is 16.0 Å². The maximum absolute atomic E-state index is 11.9. The molecule has 0 amide bonds. The van der Waals surface area contributed by atoms with Crippen molar-refractivity contribution in [2.75, 3.05) is 45.7 Å². The van der Waals surface area contributed by atoms with Crippen LogP contribution < -0.4 is 5.32 Å². The number of aromatic nitrogens is 1. The van der Waals surface area contributed by atoms with Gasteiger partial charge in [0.15, 0.2) is 5.11 Å². The van der Waals surface area contributed by atoms with Crippen LogP contribution in [-0.4, -0.2) is 72.2 Å². The zero-order valence-electron chi connectivity index (χ0n) is 17.0. The number of carbonyl (C=O) groups excluding carboxylic acids is 2. The topological polar surface area (TPSA) is 84.0 Å². The third kappa shape index (κ3) is 5.52. The average Bonchev–Trinajstić information content (AvgIpc) is 2.78. The van der Waals surface area contributed by atoms with Gasteiger partial charge in [-0.3, -0.25) is 9.88 Å². The smallest absolute Gasteiger partial charge is 0.337 e. The molecule has 1 aromatic carbocycles. The molecule has 1 aliphatic heterocycles. The summed E-state index contributed by atoms with van der Waals surface area (Å²) in [7, 11) is 2.57. The van der Waals surface area contributed by atoms with E-state index in [1.165, 1.54) is 20.3 Å². The summed E-state index contributed by atoms with van der Waals surface area (Å²) in [4.78, 5) is 32.7. The largest absolute Gasteiger partial charge is 0.465 e. The molecule has 0 bridgehead atoms. The lowest BCUT2D eigenvalue weighted by Crippen LogP contribution is -2.49. The molecule has 1 aliphatic rings. The van der Waals surface area contributed by atoms with Gasteiger partial charge in [-0.1, -0.05) is 6.07 Å². The molecule has 8 nitrogen and oxygen atoms in total. The Morgan fingerprint density at radius 3 is 2.20 bits per heavy atom. The lowest BCUT2D eigenvalue weighted by Gasteiger charge is -2.36. The Kier molecular flexibility index (Phi) is 7.31. The predicted molar refractivity (Wildman–Crippen MR) is 116 cm³/mol. The van der Waals surface area contributed by atoms with Crippen LogP contribution in [0.25, 0.3) is 0 Å². The van der Waals surface area contributed by atoms with Crippen LogP contribution in [0.1, 0.15) is 26.4 Å². The molecule has 0 spiro atoms. The van der Waals surface area contributed by atoms with Gasteiger partial charge in [0.1, 0.15) is 0 Å². The predicted octanol–water partition coefficient (Wildman–Crippen LogP) is 2.17. The molecule has 2 aromatic rings. The molecule has 0 aliphatic carbocycles. The third-order valence-electron chi connectivity index (χ3n) is 4.80. The van der Waals surface area contributed by atoms with E-state index in [0.717, 1.165) is 38.4 Å². The minimum absolute atomic E-state index is 0.242. The molecule has 3 rings (SSSR count). The fourth-order valence-corrected chi connectivity index (χ4v) is 3.50. The van der Waals surface area contributed by atoms with Crippen LogP contribution in [0.4, 0.5) is 5.69 Å². The van der Waals surface area contributed by atoms with Crippen molar-refractivity contribution in [3.63, 3.8) is 0 Å². The van der Waals surface area contributed by atoms with Crippen LogP contribution in [0.3, 0.4) is 0 Å². The van der Waals surface area contributed by atoms with E-state index in [1.54, 1.807) is 18.3 Å². The van der Waals surface area contributed by atoms with Gasteiger partial charge in [0.25, 0.3) is 0 Å². The first-order valence-corrected chi connectivity index (χ1v) is 9.91. The van der Waals surface area contributed by atoms with Crippen LogP contribution in [0.5, 0.6) is 0 Å². The van der Waals surface area contributed by atoms with Crippen molar-refractivity contribution >= 4 is 35.0 Å². The van der Waals surface area contributed by atoms with Gasteiger partial charge in [-0.2, -0.15) is 0 Å². The van der Waals surface area contributed by atoms with E-state index in [-0.39, 0.29) is 11.1 Å². The monoisotopic (exact) mass is 428 g/mol. The van der Waals surface area contributed by atoms with Gasteiger partial charge in [0.05, 0.1) is 31.0 Å². The Labute approximate surface area is 180 Å². The zero-order chi connectivity index (χ0) is 21.5. The van der Waals surface area contributed by atoms with Gasteiger partial charge in [0.2, 0.25) is 0 Å². The van der Waals surface area contributed by atoms with E-state index < -0.39 is 11.9 Å². The average molecular weight is 429 g/mol. The molecule has 30 heavy (non-hydrogen) atoms. The number of benzene rings is 1. The highest BCUT2D eigenvalue weighted by Crippen LogP contribution is 2.18. The van der Waals surface area contributed by atoms with Crippen molar-refractivity contribution < 1.29 is 19.1 Å². The van der Waals surface area contributed by atoms with Crippen LogP contribution >= 0.6 is 12.2 Å². The van der Waals surface area contributed by atoms with Crippen molar-refractivity contribution in [2.24, 2.45) is 0 Å². The SMILES string of the molecule is COC(=O)c1cc(NC(=S)N2CCN(Cc3ccccn3)CC2)cc(C(=O)OC)c1. The molecule has 1 N–H and O–H groups in total. The number of hydrogen-bond donors (Lipinski definition) is 1. The summed E-state index contributed by atoms with van der Waals surface area (Å²) in [6, 6.07) is 10.5. The number of rotatable bonds is 5. The number of thiocarbonyl (C=S) groups is 1. The lowest BCUT2D eigenvalue weighted by molar-refractivity contribution is 0.0599. The van der Waals surface area contributed by atoms with Gasteiger partial charge in [-0.25, -0.2) is 9.59 Å². The molecule has 0 radical (unpaired) electrons. The molecule has 9 heteroatoms. The summed E-state index contributed by atoms with van der Waals surface area (Å²) in [5.74, 6) is -1.09. The summed E-state index contributed by atoms with van der Waals surface area (Å²) in [5.41, 5.74) is 2.05. The Morgan fingerprint density at radius 2 is 1.67 bits per heavy atom. The van der Waals surface area contributed by atoms with Crippen LogP contribution in [0.15, 0.2) is 42.6 Å². The van der Waals surface area contributed by atoms with Gasteiger partial charge in [-0.15, -0.1) is 0 Å². The Bertz CT molecular complexity index is 880. The van der Waals surface area contributed by atoms with E-state index in [2.05, 4.69) is 20.1 Å². The van der Waals surface area contributed by atoms with E-state index in [1.807, 2.05) is 18.2 Å². The summed E-state index contributed by atoms with van der Waals surface area (Å²) in [6.45, 7) is 4.04. The standard InChI is InChI=1S/C21H24N4O4S/c1-28-19(26)15-11-16(20(27)29-2)13-18(12-15)23-21(30)25-9-7-24(8-10-25)14-17-5-3-4-6-22-17/h3-6,11-13H,7-10,14H2,1-2H3,(H,23,30). The second-order valence-corrected chi connectivity index (χ2v) is 7.18. The van der Waals surface area contributed by atoms with Gasteiger partial charge >= 0.3 is 11.9 Å². The van der Waals surface area contributed by atoms with Crippen molar-refractivity contribution in [2.45, 2.75) is 6.54 Å². The molecular weight excluding hydrogens is 404 g/mol. The van der Waals surface area contributed by atoms with E-state index in [4.69, 9.17) is 21.7 Å². The number of methoxy groups -OCH3 is 2. The maximum Gasteiger partial charge on any atom is 0.337 e. The van der Waals surface area contributed by atoms with Crippen molar-refractivity contribution in [3.8, 4) is 0 Å². The first kappa shape index (κ1) is 21.7. The Balaban J connectivity index is 1.63. The third-order valence-corrected chi connectivity index (χ3v) is 5.16. The highest BCUT2D eigenvalue weighted by molar-refractivity contribution is 7.80. The van der Waals surface area contributed by atoms with Crippen LogP contribution in [0.2, 0.25) is 0 Å². The highest BCUT2D eigenvalue weighted by Gasteiger charge is 2.20. The number of hydrogen-bond acceptors (Lipinski definition) is 7. The number of esters is 2. The number of pyridine rings is 1. The number of ether oxygens (including phenoxy) is 2. The lowest BCUT2D eigenvalue weighted by atomic mass is 10.1. The normalized spacial score (nSPS) is 14.1. The first-order valence-electron chi connectivity index (χ1n) is 9.50. The number of anilines is 1. The molecular formula is C21H24N4O4S. The number of nitrogens with one attached hydrogen (secondary N) is 1. The number of piperazine rings is 1. The zero-order valence-corrected chi connectivity index (χ0v) is 17.8. The van der Waals surface area contributed by atoms with Gasteiger partial charge in [0, 0.05) is 44.6 Å². The second kappa shape index (κ2) is 10.1.